The van der Waals surface area contributed by atoms with Crippen LogP contribution in [-0.4, -0.2) is 9.97 Å². The Labute approximate surface area is 105 Å². The predicted molar refractivity (Wildman–Crippen MR) is 70.9 cm³/mol. The van der Waals surface area contributed by atoms with E-state index in [1.165, 1.54) is 0 Å². The molecular weight excluding hydrogens is 234 g/mol. The van der Waals surface area contributed by atoms with Crippen molar-refractivity contribution in [1.29, 1.82) is 0 Å². The number of hydrogen-bond donors (Lipinski definition) is 2. The molecule has 2 aromatic rings. The van der Waals surface area contributed by atoms with E-state index in [0.717, 1.165) is 22.9 Å². The number of thiocarbonyl (C=S) groups is 1. The highest BCUT2D eigenvalue weighted by atomic mass is 32.1. The van der Waals surface area contributed by atoms with Gasteiger partial charge in [0.05, 0.1) is 6.54 Å². The fourth-order valence-electron chi connectivity index (χ4n) is 1.40. The van der Waals surface area contributed by atoms with Gasteiger partial charge in [0.1, 0.15) is 22.3 Å². The summed E-state index contributed by atoms with van der Waals surface area (Å²) >= 11 is 4.85. The first-order chi connectivity index (χ1) is 8.15. The molecule has 0 bridgehead atoms. The lowest BCUT2D eigenvalue weighted by atomic mass is 10.3. The third-order valence-corrected chi connectivity index (χ3v) is 2.52. The third-order valence-electron chi connectivity index (χ3n) is 2.29. The monoisotopic (exact) mass is 247 g/mol. The summed E-state index contributed by atoms with van der Waals surface area (Å²) in [6.07, 6.45) is 1.65. The number of pyridine rings is 1. The molecule has 0 saturated heterocycles. The van der Waals surface area contributed by atoms with E-state index >= 15 is 0 Å². The first-order valence-electron chi connectivity index (χ1n) is 5.20. The van der Waals surface area contributed by atoms with Gasteiger partial charge in [-0.2, -0.15) is 0 Å². The van der Waals surface area contributed by atoms with E-state index in [0.29, 0.717) is 11.5 Å². The summed E-state index contributed by atoms with van der Waals surface area (Å²) in [5.41, 5.74) is 6.25. The van der Waals surface area contributed by atoms with Crippen LogP contribution < -0.4 is 11.1 Å². The van der Waals surface area contributed by atoms with Gasteiger partial charge in [0.2, 0.25) is 0 Å². The van der Waals surface area contributed by atoms with Gasteiger partial charge < -0.3 is 15.5 Å². The van der Waals surface area contributed by atoms with Gasteiger partial charge >= 0.3 is 0 Å². The molecule has 0 aliphatic carbocycles. The molecule has 2 heterocycles. The number of rotatable bonds is 4. The van der Waals surface area contributed by atoms with E-state index in [-0.39, 0.29) is 0 Å². The molecule has 0 amide bonds. The molecular formula is C12H13N3OS. The van der Waals surface area contributed by atoms with Crippen molar-refractivity contribution in [2.45, 2.75) is 13.5 Å². The highest BCUT2D eigenvalue weighted by Gasteiger charge is 2.00. The Morgan fingerprint density at radius 1 is 1.41 bits per heavy atom. The van der Waals surface area contributed by atoms with Crippen LogP contribution in [0.3, 0.4) is 0 Å². The van der Waals surface area contributed by atoms with E-state index in [9.17, 15) is 0 Å². The van der Waals surface area contributed by atoms with Gasteiger partial charge in [-0.05, 0) is 31.2 Å². The van der Waals surface area contributed by atoms with E-state index in [4.69, 9.17) is 22.4 Å². The molecule has 4 nitrogen and oxygen atoms in total. The largest absolute Gasteiger partial charge is 0.465 e. The van der Waals surface area contributed by atoms with Crippen molar-refractivity contribution in [2.75, 3.05) is 5.32 Å². The normalized spacial score (nSPS) is 10.2. The number of aryl methyl sites for hydroxylation is 1. The van der Waals surface area contributed by atoms with Crippen molar-refractivity contribution in [1.82, 2.24) is 4.98 Å². The third kappa shape index (κ3) is 3.04. The molecule has 0 radical (unpaired) electrons. The molecule has 0 aliphatic heterocycles. The molecule has 0 saturated carbocycles. The van der Waals surface area contributed by atoms with Crippen LogP contribution in [0.5, 0.6) is 0 Å². The van der Waals surface area contributed by atoms with E-state index in [1.54, 1.807) is 6.20 Å². The molecule has 0 fully saturated rings. The van der Waals surface area contributed by atoms with Crippen LogP contribution in [0.1, 0.15) is 17.1 Å². The van der Waals surface area contributed by atoms with Gasteiger partial charge in [-0.3, -0.25) is 0 Å². The minimum atomic E-state index is 0.353. The zero-order valence-corrected chi connectivity index (χ0v) is 10.3. The van der Waals surface area contributed by atoms with Crippen molar-refractivity contribution in [3.8, 4) is 0 Å². The maximum atomic E-state index is 5.49. The predicted octanol–water partition coefficient (Wildman–Crippen LogP) is 2.23. The summed E-state index contributed by atoms with van der Waals surface area (Å²) in [6.45, 7) is 2.52. The van der Waals surface area contributed by atoms with Crippen LogP contribution >= 0.6 is 12.2 Å². The van der Waals surface area contributed by atoms with Crippen LogP contribution in [0.15, 0.2) is 34.9 Å². The number of furan rings is 1. The Bertz CT molecular complexity index is 519. The zero-order valence-electron chi connectivity index (χ0n) is 9.43. The zero-order chi connectivity index (χ0) is 12.3. The summed E-state index contributed by atoms with van der Waals surface area (Å²) in [4.78, 5) is 4.55. The molecule has 5 heteroatoms. The van der Waals surface area contributed by atoms with Crippen molar-refractivity contribution in [3.05, 3.63) is 47.5 Å². The Balaban J connectivity index is 1.97. The highest BCUT2D eigenvalue weighted by Crippen LogP contribution is 2.10. The van der Waals surface area contributed by atoms with Crippen LogP contribution in [0, 0.1) is 6.92 Å². The SMILES string of the molecule is Cc1ccc(CNc2ccc(C(N)=S)cn2)o1. The molecule has 2 aromatic heterocycles. The van der Waals surface area contributed by atoms with Crippen molar-refractivity contribution < 1.29 is 4.42 Å². The second kappa shape index (κ2) is 4.97. The van der Waals surface area contributed by atoms with Gasteiger partial charge in [0.25, 0.3) is 0 Å². The van der Waals surface area contributed by atoms with Gasteiger partial charge in [-0.25, -0.2) is 4.98 Å². The van der Waals surface area contributed by atoms with Crippen molar-refractivity contribution in [2.24, 2.45) is 5.73 Å². The van der Waals surface area contributed by atoms with Crippen LogP contribution in [0.2, 0.25) is 0 Å². The Morgan fingerprint density at radius 2 is 2.24 bits per heavy atom. The topological polar surface area (TPSA) is 64.1 Å². The maximum absolute atomic E-state index is 5.49. The maximum Gasteiger partial charge on any atom is 0.126 e. The lowest BCUT2D eigenvalue weighted by Crippen LogP contribution is -2.10. The minimum absolute atomic E-state index is 0.353. The summed E-state index contributed by atoms with van der Waals surface area (Å²) in [7, 11) is 0. The molecule has 0 aliphatic rings. The van der Waals surface area contributed by atoms with Crippen molar-refractivity contribution >= 4 is 23.0 Å². The first-order valence-corrected chi connectivity index (χ1v) is 5.61. The average molecular weight is 247 g/mol. The smallest absolute Gasteiger partial charge is 0.126 e. The fourth-order valence-corrected chi connectivity index (χ4v) is 1.52. The number of hydrogen-bond acceptors (Lipinski definition) is 4. The fraction of sp³-hybridized carbons (Fsp3) is 0.167. The van der Waals surface area contributed by atoms with Crippen LogP contribution in [0.25, 0.3) is 0 Å². The molecule has 2 rings (SSSR count). The first kappa shape index (κ1) is 11.6. The Kier molecular flexibility index (Phi) is 3.39. The average Bonchev–Trinajstić information content (AvgIpc) is 2.73. The summed E-state index contributed by atoms with van der Waals surface area (Å²) in [5, 5.41) is 3.15. The number of anilines is 1. The molecule has 0 spiro atoms. The van der Waals surface area contributed by atoms with Crippen molar-refractivity contribution in [3.63, 3.8) is 0 Å². The van der Waals surface area contributed by atoms with E-state index in [2.05, 4.69) is 10.3 Å². The van der Waals surface area contributed by atoms with Gasteiger partial charge in [0, 0.05) is 11.8 Å². The van der Waals surface area contributed by atoms with E-state index < -0.39 is 0 Å². The van der Waals surface area contributed by atoms with E-state index in [1.807, 2.05) is 31.2 Å². The number of nitrogens with two attached hydrogens (primary N) is 1. The van der Waals surface area contributed by atoms with Gasteiger partial charge in [-0.1, -0.05) is 12.2 Å². The summed E-state index contributed by atoms with van der Waals surface area (Å²) in [5.74, 6) is 2.54. The van der Waals surface area contributed by atoms with Gasteiger partial charge in [-0.15, -0.1) is 0 Å². The van der Waals surface area contributed by atoms with Gasteiger partial charge in [0.15, 0.2) is 0 Å². The second-order valence-electron chi connectivity index (χ2n) is 3.66. The minimum Gasteiger partial charge on any atom is -0.465 e. The standard InChI is InChI=1S/C12H13N3OS/c1-8-2-4-10(16-8)7-15-11-5-3-9(6-14-11)12(13)17/h2-6H,7H2,1H3,(H2,13,17)(H,14,15). The molecule has 88 valence electrons. The molecule has 3 N–H and O–H groups in total. The lowest BCUT2D eigenvalue weighted by Gasteiger charge is -2.04. The number of nitrogens with one attached hydrogen (secondary N) is 1. The molecule has 0 unspecified atom stereocenters. The molecule has 0 atom stereocenters. The number of nitrogens with zero attached hydrogens (tertiary/aromatic N) is 1. The molecule has 0 aromatic carbocycles. The number of aromatic nitrogens is 1. The van der Waals surface area contributed by atoms with Crippen LogP contribution in [0.4, 0.5) is 5.82 Å². The molecule has 17 heavy (non-hydrogen) atoms. The Morgan fingerprint density at radius 3 is 2.76 bits per heavy atom. The highest BCUT2D eigenvalue weighted by molar-refractivity contribution is 7.80. The quantitative estimate of drug-likeness (QED) is 0.811. The summed E-state index contributed by atoms with van der Waals surface area (Å²) < 4.78 is 5.44. The Hall–Kier alpha value is -1.88. The van der Waals surface area contributed by atoms with Crippen LogP contribution in [-0.2, 0) is 6.54 Å². The lowest BCUT2D eigenvalue weighted by molar-refractivity contribution is 0.490. The summed E-state index contributed by atoms with van der Waals surface area (Å²) in [6, 6.07) is 7.54. The second-order valence-corrected chi connectivity index (χ2v) is 4.10.